The third kappa shape index (κ3) is 5.76. The van der Waals surface area contributed by atoms with E-state index < -0.39 is 23.7 Å². The zero-order valence-corrected chi connectivity index (χ0v) is 19.6. The van der Waals surface area contributed by atoms with E-state index in [1.807, 2.05) is 0 Å². The SMILES string of the molecule is CCOC(=O)CN1C(=O)S/C(=C\c2ccc(OCc3ccc(Cl)cc3Cl)c(OC)c2)C1=O. The first-order valence-electron chi connectivity index (χ1n) is 9.48. The predicted octanol–water partition coefficient (Wildman–Crippen LogP) is 5.18. The van der Waals surface area contributed by atoms with Crippen LogP contribution in [-0.4, -0.2) is 42.3 Å². The van der Waals surface area contributed by atoms with Gasteiger partial charge in [-0.2, -0.15) is 0 Å². The Morgan fingerprint density at radius 3 is 2.59 bits per heavy atom. The van der Waals surface area contributed by atoms with Crippen molar-refractivity contribution in [2.24, 2.45) is 0 Å². The highest BCUT2D eigenvalue weighted by Gasteiger charge is 2.36. The zero-order chi connectivity index (χ0) is 23.3. The molecule has 0 radical (unpaired) electrons. The summed E-state index contributed by atoms with van der Waals surface area (Å²) in [5.41, 5.74) is 1.39. The number of hydrogen-bond acceptors (Lipinski definition) is 7. The quantitative estimate of drug-likeness (QED) is 0.368. The van der Waals surface area contributed by atoms with Gasteiger partial charge in [-0.05, 0) is 54.6 Å². The Labute approximate surface area is 199 Å². The number of rotatable bonds is 8. The summed E-state index contributed by atoms with van der Waals surface area (Å²) in [6.45, 7) is 1.61. The highest BCUT2D eigenvalue weighted by molar-refractivity contribution is 8.18. The number of nitrogens with zero attached hydrogens (tertiary/aromatic N) is 1. The van der Waals surface area contributed by atoms with Crippen molar-refractivity contribution in [2.45, 2.75) is 13.5 Å². The van der Waals surface area contributed by atoms with Crippen LogP contribution >= 0.6 is 35.0 Å². The Bertz CT molecular complexity index is 1090. The lowest BCUT2D eigenvalue weighted by Gasteiger charge is -2.12. The van der Waals surface area contributed by atoms with E-state index in [2.05, 4.69) is 0 Å². The van der Waals surface area contributed by atoms with Crippen LogP contribution in [0.15, 0.2) is 41.3 Å². The van der Waals surface area contributed by atoms with Gasteiger partial charge in [0, 0.05) is 15.6 Å². The van der Waals surface area contributed by atoms with Crippen LogP contribution in [0.2, 0.25) is 10.0 Å². The molecule has 1 aliphatic heterocycles. The van der Waals surface area contributed by atoms with Crippen molar-refractivity contribution in [3.8, 4) is 11.5 Å². The van der Waals surface area contributed by atoms with Gasteiger partial charge in [0.15, 0.2) is 11.5 Å². The highest BCUT2D eigenvalue weighted by Crippen LogP contribution is 2.35. The number of imide groups is 1. The third-order valence-corrected chi connectivity index (χ3v) is 5.84. The molecule has 0 saturated carbocycles. The monoisotopic (exact) mass is 495 g/mol. The molecule has 0 bridgehead atoms. The standard InChI is InChI=1S/C22H19Cl2NO6S/c1-3-30-20(26)11-25-21(27)19(32-22(25)28)9-13-4-7-17(18(8-13)29-2)31-12-14-5-6-15(23)10-16(14)24/h4-10H,3,11-12H2,1-2H3/b19-9-. The lowest BCUT2D eigenvalue weighted by atomic mass is 10.1. The Morgan fingerprint density at radius 2 is 1.91 bits per heavy atom. The second-order valence-corrected chi connectivity index (χ2v) is 8.34. The summed E-state index contributed by atoms with van der Waals surface area (Å²) in [4.78, 5) is 37.3. The average Bonchev–Trinajstić information content (AvgIpc) is 3.01. The molecule has 0 N–H and O–H groups in total. The normalized spacial score (nSPS) is 14.8. The van der Waals surface area contributed by atoms with Crippen molar-refractivity contribution >= 4 is 58.2 Å². The summed E-state index contributed by atoms with van der Waals surface area (Å²) >= 11 is 12.8. The van der Waals surface area contributed by atoms with Crippen LogP contribution in [0, 0.1) is 0 Å². The molecule has 0 aliphatic carbocycles. The highest BCUT2D eigenvalue weighted by atomic mass is 35.5. The summed E-state index contributed by atoms with van der Waals surface area (Å²) in [6, 6.07) is 10.2. The molecule has 0 unspecified atom stereocenters. The minimum Gasteiger partial charge on any atom is -0.493 e. The summed E-state index contributed by atoms with van der Waals surface area (Å²) < 4.78 is 16.0. The van der Waals surface area contributed by atoms with E-state index in [0.29, 0.717) is 27.1 Å². The number of esters is 1. The summed E-state index contributed by atoms with van der Waals surface area (Å²) in [6.07, 6.45) is 1.55. The molecule has 2 aromatic carbocycles. The molecule has 1 fully saturated rings. The molecule has 0 spiro atoms. The summed E-state index contributed by atoms with van der Waals surface area (Å²) in [5.74, 6) is -0.273. The topological polar surface area (TPSA) is 82.1 Å². The molecular formula is C22H19Cl2NO6S. The van der Waals surface area contributed by atoms with Crippen molar-refractivity contribution in [3.63, 3.8) is 0 Å². The van der Waals surface area contributed by atoms with E-state index in [1.54, 1.807) is 49.4 Å². The van der Waals surface area contributed by atoms with Crippen molar-refractivity contribution in [1.29, 1.82) is 0 Å². The molecule has 10 heteroatoms. The van der Waals surface area contributed by atoms with Crippen molar-refractivity contribution in [1.82, 2.24) is 4.90 Å². The van der Waals surface area contributed by atoms with Gasteiger partial charge in [0.05, 0.1) is 18.6 Å². The fraction of sp³-hybridized carbons (Fsp3) is 0.227. The van der Waals surface area contributed by atoms with Crippen molar-refractivity contribution < 1.29 is 28.6 Å². The molecule has 0 atom stereocenters. The fourth-order valence-electron chi connectivity index (χ4n) is 2.81. The molecule has 1 aliphatic rings. The number of amides is 2. The van der Waals surface area contributed by atoms with Gasteiger partial charge in [-0.3, -0.25) is 19.3 Å². The first kappa shape index (κ1) is 24.0. The van der Waals surface area contributed by atoms with Crippen LogP contribution in [0.25, 0.3) is 6.08 Å². The lowest BCUT2D eigenvalue weighted by molar-refractivity contribution is -0.145. The van der Waals surface area contributed by atoms with E-state index in [0.717, 1.165) is 22.2 Å². The van der Waals surface area contributed by atoms with Gasteiger partial charge in [0.2, 0.25) is 0 Å². The van der Waals surface area contributed by atoms with Crippen molar-refractivity contribution in [2.75, 3.05) is 20.3 Å². The second-order valence-electron chi connectivity index (χ2n) is 6.51. The van der Waals surface area contributed by atoms with Gasteiger partial charge < -0.3 is 14.2 Å². The van der Waals surface area contributed by atoms with E-state index >= 15 is 0 Å². The molecule has 1 saturated heterocycles. The fourth-order valence-corrected chi connectivity index (χ4v) is 4.11. The van der Waals surface area contributed by atoms with Crippen LogP contribution in [0.4, 0.5) is 4.79 Å². The van der Waals surface area contributed by atoms with Gasteiger partial charge in [-0.1, -0.05) is 35.3 Å². The molecular weight excluding hydrogens is 477 g/mol. The Morgan fingerprint density at radius 1 is 1.12 bits per heavy atom. The maximum Gasteiger partial charge on any atom is 0.326 e. The van der Waals surface area contributed by atoms with Crippen LogP contribution < -0.4 is 9.47 Å². The second kappa shape index (κ2) is 10.8. The number of methoxy groups -OCH3 is 1. The first-order valence-corrected chi connectivity index (χ1v) is 11.1. The number of carbonyl (C=O) groups is 3. The van der Waals surface area contributed by atoms with E-state index in [1.165, 1.54) is 7.11 Å². The first-order chi connectivity index (χ1) is 15.3. The largest absolute Gasteiger partial charge is 0.493 e. The van der Waals surface area contributed by atoms with E-state index in [9.17, 15) is 14.4 Å². The number of benzene rings is 2. The molecule has 3 rings (SSSR count). The number of thioether (sulfide) groups is 1. The molecule has 0 aromatic heterocycles. The zero-order valence-electron chi connectivity index (χ0n) is 17.2. The Balaban J connectivity index is 1.74. The van der Waals surface area contributed by atoms with Gasteiger partial charge in [-0.25, -0.2) is 0 Å². The third-order valence-electron chi connectivity index (χ3n) is 4.35. The van der Waals surface area contributed by atoms with Crippen molar-refractivity contribution in [3.05, 3.63) is 62.5 Å². The van der Waals surface area contributed by atoms with Crippen LogP contribution in [0.1, 0.15) is 18.1 Å². The Kier molecular flexibility index (Phi) is 8.06. The van der Waals surface area contributed by atoms with Gasteiger partial charge >= 0.3 is 5.97 Å². The number of ether oxygens (including phenoxy) is 3. The van der Waals surface area contributed by atoms with Crippen LogP contribution in [0.5, 0.6) is 11.5 Å². The maximum absolute atomic E-state index is 12.5. The summed E-state index contributed by atoms with van der Waals surface area (Å²) in [5, 5.41) is 0.500. The maximum atomic E-state index is 12.5. The Hall–Kier alpha value is -2.68. The van der Waals surface area contributed by atoms with E-state index in [4.69, 9.17) is 37.4 Å². The molecule has 2 aromatic rings. The average molecular weight is 496 g/mol. The summed E-state index contributed by atoms with van der Waals surface area (Å²) in [7, 11) is 1.49. The predicted molar refractivity (Wildman–Crippen MR) is 123 cm³/mol. The minimum absolute atomic E-state index is 0.170. The van der Waals surface area contributed by atoms with Gasteiger partial charge in [0.1, 0.15) is 13.2 Å². The molecule has 2 amide bonds. The van der Waals surface area contributed by atoms with Crippen LogP contribution in [0.3, 0.4) is 0 Å². The lowest BCUT2D eigenvalue weighted by Crippen LogP contribution is -2.34. The van der Waals surface area contributed by atoms with Gasteiger partial charge in [0.25, 0.3) is 11.1 Å². The van der Waals surface area contributed by atoms with Crippen LogP contribution in [-0.2, 0) is 20.9 Å². The smallest absolute Gasteiger partial charge is 0.326 e. The van der Waals surface area contributed by atoms with Gasteiger partial charge in [-0.15, -0.1) is 0 Å². The van der Waals surface area contributed by atoms with E-state index in [-0.39, 0.29) is 18.1 Å². The molecule has 168 valence electrons. The molecule has 1 heterocycles. The molecule has 32 heavy (non-hydrogen) atoms. The number of hydrogen-bond donors (Lipinski definition) is 0. The number of halogens is 2. The minimum atomic E-state index is -0.639. The number of carbonyl (C=O) groups excluding carboxylic acids is 3. The molecule has 7 nitrogen and oxygen atoms in total.